The van der Waals surface area contributed by atoms with Gasteiger partial charge in [0, 0.05) is 0 Å². The third kappa shape index (κ3) is 8.80. The molecule has 0 radical (unpaired) electrons. The summed E-state index contributed by atoms with van der Waals surface area (Å²) in [6.07, 6.45) is 0. The lowest BCUT2D eigenvalue weighted by Gasteiger charge is -2.21. The van der Waals surface area contributed by atoms with Gasteiger partial charge in [-0.1, -0.05) is 0 Å². The van der Waals surface area contributed by atoms with Crippen molar-refractivity contribution in [2.75, 3.05) is 0 Å². The van der Waals surface area contributed by atoms with E-state index in [0.29, 0.717) is 0 Å². The summed E-state index contributed by atoms with van der Waals surface area (Å²) < 4.78 is 32.4. The first-order valence-corrected chi connectivity index (χ1v) is 6.41. The topological polar surface area (TPSA) is 123 Å². The molecular formula is C4H12O8P2. The van der Waals surface area contributed by atoms with Gasteiger partial charge in [-0.15, -0.1) is 9.35 Å². The van der Waals surface area contributed by atoms with Gasteiger partial charge in [-0.3, -0.25) is 4.52 Å². The average Bonchev–Trinajstić information content (AvgIpc) is 1.76. The van der Waals surface area contributed by atoms with Gasteiger partial charge in [-0.2, -0.15) is 0 Å². The molecule has 86 valence electrons. The van der Waals surface area contributed by atoms with Gasteiger partial charge < -0.3 is 14.7 Å². The van der Waals surface area contributed by atoms with Crippen LogP contribution in [0, 0.1) is 0 Å². The van der Waals surface area contributed by atoms with Crippen LogP contribution >= 0.6 is 15.6 Å². The molecule has 3 N–H and O–H groups in total. The molecule has 0 aromatic carbocycles. The van der Waals surface area contributed by atoms with E-state index in [2.05, 4.69) is 13.9 Å². The zero-order valence-corrected chi connectivity index (χ0v) is 9.57. The molecule has 0 aliphatic heterocycles. The van der Waals surface area contributed by atoms with Crippen molar-refractivity contribution in [3.63, 3.8) is 0 Å². The molecule has 1 unspecified atom stereocenters. The average molecular weight is 250 g/mol. The fourth-order valence-corrected chi connectivity index (χ4v) is 1.85. The highest BCUT2D eigenvalue weighted by molar-refractivity contribution is 7.49. The number of rotatable bonds is 4. The predicted molar refractivity (Wildman–Crippen MR) is 44.9 cm³/mol. The molecule has 0 spiro atoms. The smallest absolute Gasteiger partial charge is 0.301 e. The van der Waals surface area contributed by atoms with Gasteiger partial charge in [0.2, 0.25) is 0 Å². The van der Waals surface area contributed by atoms with Crippen LogP contribution in [0.1, 0.15) is 20.8 Å². The van der Waals surface area contributed by atoms with E-state index in [1.165, 1.54) is 20.8 Å². The second-order valence-electron chi connectivity index (χ2n) is 3.31. The SMILES string of the molecule is CC(C)(C)OP(=O)(O)OOP(=O)(O)O. The monoisotopic (exact) mass is 250 g/mol. The Morgan fingerprint density at radius 1 is 1.00 bits per heavy atom. The van der Waals surface area contributed by atoms with Crippen molar-refractivity contribution in [1.82, 2.24) is 0 Å². The zero-order valence-electron chi connectivity index (χ0n) is 7.78. The van der Waals surface area contributed by atoms with Crippen LogP contribution in [0.4, 0.5) is 0 Å². The standard InChI is InChI=1S/C4H12O8P2/c1-4(2,3)10-14(8,9)12-11-13(5,6)7/h1-3H3,(H,8,9)(H2,5,6,7). The fraction of sp³-hybridized carbons (Fsp3) is 1.00. The van der Waals surface area contributed by atoms with Crippen molar-refractivity contribution >= 4 is 15.6 Å². The molecule has 14 heavy (non-hydrogen) atoms. The number of phosphoric ester groups is 1. The van der Waals surface area contributed by atoms with Crippen LogP contribution in [-0.4, -0.2) is 20.3 Å². The van der Waals surface area contributed by atoms with Gasteiger partial charge in [0.05, 0.1) is 5.60 Å². The number of hydrogen-bond acceptors (Lipinski definition) is 5. The van der Waals surface area contributed by atoms with Crippen LogP contribution in [0.5, 0.6) is 0 Å². The lowest BCUT2D eigenvalue weighted by atomic mass is 10.2. The Morgan fingerprint density at radius 2 is 1.43 bits per heavy atom. The van der Waals surface area contributed by atoms with Gasteiger partial charge >= 0.3 is 15.6 Å². The normalized spacial score (nSPS) is 17.9. The highest BCUT2D eigenvalue weighted by Crippen LogP contribution is 2.51. The van der Waals surface area contributed by atoms with Crippen LogP contribution in [0.3, 0.4) is 0 Å². The Balaban J connectivity index is 4.24. The van der Waals surface area contributed by atoms with E-state index in [9.17, 15) is 9.13 Å². The molecule has 0 aromatic rings. The van der Waals surface area contributed by atoms with Gasteiger partial charge in [-0.05, 0) is 20.8 Å². The minimum absolute atomic E-state index is 1.01. The Hall–Kier alpha value is 0.220. The highest BCUT2D eigenvalue weighted by atomic mass is 31.2. The molecule has 0 aliphatic rings. The summed E-state index contributed by atoms with van der Waals surface area (Å²) >= 11 is 0. The second-order valence-corrected chi connectivity index (χ2v) is 5.71. The van der Waals surface area contributed by atoms with Crippen molar-refractivity contribution in [2.24, 2.45) is 0 Å². The molecule has 0 rings (SSSR count). The third-order valence-corrected chi connectivity index (χ3v) is 2.04. The van der Waals surface area contributed by atoms with Gasteiger partial charge in [0.25, 0.3) is 0 Å². The molecule has 0 heterocycles. The van der Waals surface area contributed by atoms with E-state index in [-0.39, 0.29) is 0 Å². The summed E-state index contributed by atoms with van der Waals surface area (Å²) in [6.45, 7) is 4.37. The molecule has 0 bridgehead atoms. The first-order chi connectivity index (χ1) is 5.91. The lowest BCUT2D eigenvalue weighted by molar-refractivity contribution is -0.153. The van der Waals surface area contributed by atoms with E-state index in [0.717, 1.165) is 0 Å². The van der Waals surface area contributed by atoms with E-state index >= 15 is 0 Å². The first kappa shape index (κ1) is 14.2. The largest absolute Gasteiger partial charge is 0.500 e. The van der Waals surface area contributed by atoms with Crippen LogP contribution < -0.4 is 0 Å². The molecule has 0 saturated heterocycles. The summed E-state index contributed by atoms with van der Waals surface area (Å²) in [6, 6.07) is 0. The Labute approximate surface area is 80.6 Å². The predicted octanol–water partition coefficient (Wildman–Crippen LogP) is 0.943. The Kier molecular flexibility index (Phi) is 4.45. The minimum atomic E-state index is -4.96. The summed E-state index contributed by atoms with van der Waals surface area (Å²) in [5, 5.41) is 0. The first-order valence-electron chi connectivity index (χ1n) is 3.38. The minimum Gasteiger partial charge on any atom is -0.301 e. The van der Waals surface area contributed by atoms with Gasteiger partial charge in [-0.25, -0.2) is 9.13 Å². The molecule has 0 fully saturated rings. The molecule has 8 nitrogen and oxygen atoms in total. The molecule has 1 atom stereocenters. The number of hydrogen-bond donors (Lipinski definition) is 3. The highest BCUT2D eigenvalue weighted by Gasteiger charge is 2.33. The van der Waals surface area contributed by atoms with E-state index in [1.54, 1.807) is 0 Å². The quantitative estimate of drug-likeness (QED) is 0.382. The molecule has 0 aromatic heterocycles. The van der Waals surface area contributed by atoms with Crippen LogP contribution in [0.2, 0.25) is 0 Å². The van der Waals surface area contributed by atoms with Crippen molar-refractivity contribution in [1.29, 1.82) is 0 Å². The molecule has 0 saturated carbocycles. The van der Waals surface area contributed by atoms with Crippen molar-refractivity contribution in [2.45, 2.75) is 26.4 Å². The fourth-order valence-electron chi connectivity index (χ4n) is 0.447. The van der Waals surface area contributed by atoms with E-state index in [4.69, 9.17) is 14.7 Å². The Bertz CT molecular complexity index is 274. The summed E-state index contributed by atoms with van der Waals surface area (Å²) in [7, 11) is -9.59. The van der Waals surface area contributed by atoms with Crippen molar-refractivity contribution < 1.29 is 37.7 Å². The molecular weight excluding hydrogens is 238 g/mol. The van der Waals surface area contributed by atoms with Gasteiger partial charge in [0.15, 0.2) is 0 Å². The molecule has 0 aliphatic carbocycles. The summed E-state index contributed by atoms with van der Waals surface area (Å²) in [5.41, 5.74) is -1.01. The van der Waals surface area contributed by atoms with Crippen molar-refractivity contribution in [3.8, 4) is 0 Å². The molecule has 0 amide bonds. The number of phosphoric acid groups is 2. The summed E-state index contributed by atoms with van der Waals surface area (Å²) in [5.74, 6) is 0. The maximum absolute atomic E-state index is 10.9. The molecule has 10 heteroatoms. The summed E-state index contributed by atoms with van der Waals surface area (Å²) in [4.78, 5) is 25.2. The third-order valence-electron chi connectivity index (χ3n) is 0.614. The second kappa shape index (κ2) is 4.38. The maximum Gasteiger partial charge on any atom is 0.500 e. The van der Waals surface area contributed by atoms with E-state index in [1.807, 2.05) is 0 Å². The van der Waals surface area contributed by atoms with Gasteiger partial charge in [0.1, 0.15) is 0 Å². The van der Waals surface area contributed by atoms with Crippen molar-refractivity contribution in [3.05, 3.63) is 0 Å². The zero-order chi connectivity index (χ0) is 11.6. The van der Waals surface area contributed by atoms with Crippen LogP contribution in [0.15, 0.2) is 0 Å². The van der Waals surface area contributed by atoms with Crippen LogP contribution in [0.25, 0.3) is 0 Å². The lowest BCUT2D eigenvalue weighted by Crippen LogP contribution is -2.17. The Morgan fingerprint density at radius 3 is 1.71 bits per heavy atom. The van der Waals surface area contributed by atoms with Crippen LogP contribution in [-0.2, 0) is 23.0 Å². The maximum atomic E-state index is 10.9. The van der Waals surface area contributed by atoms with E-state index < -0.39 is 21.2 Å².